The maximum Gasteiger partial charge on any atom is 0.338 e. The minimum Gasteiger partial charge on any atom is -0.452 e. The highest BCUT2D eigenvalue weighted by Gasteiger charge is 2.27. The number of rotatable bonds is 6. The van der Waals surface area contributed by atoms with Crippen LogP contribution in [0.1, 0.15) is 23.2 Å². The van der Waals surface area contributed by atoms with Gasteiger partial charge >= 0.3 is 5.97 Å². The lowest BCUT2D eigenvalue weighted by Gasteiger charge is -2.15. The van der Waals surface area contributed by atoms with Gasteiger partial charge in [0.25, 0.3) is 5.91 Å². The average molecular weight is 467 g/mol. The summed E-state index contributed by atoms with van der Waals surface area (Å²) in [5, 5.41) is 2.61. The van der Waals surface area contributed by atoms with Crippen LogP contribution in [-0.4, -0.2) is 44.3 Å². The molecule has 0 unspecified atom stereocenters. The summed E-state index contributed by atoms with van der Waals surface area (Å²) >= 11 is 3.30. The van der Waals surface area contributed by atoms with Gasteiger partial charge in [-0.25, -0.2) is 13.2 Å². The first kappa shape index (κ1) is 20.5. The molecule has 3 rings (SSSR count). The predicted octanol–water partition coefficient (Wildman–Crippen LogP) is 3.03. The fourth-order valence-corrected chi connectivity index (χ4v) is 4.63. The van der Waals surface area contributed by atoms with Gasteiger partial charge in [0.15, 0.2) is 6.61 Å². The van der Waals surface area contributed by atoms with Gasteiger partial charge in [0, 0.05) is 23.2 Å². The Hall–Kier alpha value is -2.23. The molecule has 1 saturated heterocycles. The first-order valence-corrected chi connectivity index (χ1v) is 10.9. The Morgan fingerprint density at radius 3 is 2.43 bits per heavy atom. The molecule has 148 valence electrons. The number of esters is 1. The van der Waals surface area contributed by atoms with Crippen molar-refractivity contribution in [2.45, 2.75) is 17.7 Å². The summed E-state index contributed by atoms with van der Waals surface area (Å²) in [6.45, 7) is 0.485. The van der Waals surface area contributed by atoms with Gasteiger partial charge in [0.1, 0.15) is 0 Å². The molecule has 9 heteroatoms. The minimum atomic E-state index is -3.63. The Morgan fingerprint density at radius 2 is 1.75 bits per heavy atom. The largest absolute Gasteiger partial charge is 0.452 e. The van der Waals surface area contributed by atoms with E-state index in [1.165, 1.54) is 28.6 Å². The van der Waals surface area contributed by atoms with Crippen LogP contribution in [0.3, 0.4) is 0 Å². The molecule has 7 nitrogen and oxygen atoms in total. The summed E-state index contributed by atoms with van der Waals surface area (Å²) in [5.74, 6) is -1.25. The zero-order valence-electron chi connectivity index (χ0n) is 14.9. The lowest BCUT2D eigenvalue weighted by molar-refractivity contribution is -0.119. The van der Waals surface area contributed by atoms with E-state index in [4.69, 9.17) is 4.74 Å². The van der Waals surface area contributed by atoms with Crippen LogP contribution in [0.2, 0.25) is 0 Å². The number of amides is 1. The van der Waals surface area contributed by atoms with Crippen molar-refractivity contribution in [1.82, 2.24) is 4.31 Å². The second kappa shape index (κ2) is 8.85. The topological polar surface area (TPSA) is 92.8 Å². The van der Waals surface area contributed by atoms with Crippen LogP contribution >= 0.6 is 15.9 Å². The van der Waals surface area contributed by atoms with Crippen molar-refractivity contribution < 1.29 is 22.7 Å². The van der Waals surface area contributed by atoms with Gasteiger partial charge in [-0.3, -0.25) is 4.79 Å². The summed E-state index contributed by atoms with van der Waals surface area (Å²) in [6, 6.07) is 12.6. The lowest BCUT2D eigenvalue weighted by Crippen LogP contribution is -2.28. The predicted molar refractivity (Wildman–Crippen MR) is 107 cm³/mol. The van der Waals surface area contributed by atoms with Crippen LogP contribution in [0.15, 0.2) is 57.9 Å². The molecule has 2 aromatic rings. The number of ether oxygens (including phenoxy) is 1. The van der Waals surface area contributed by atoms with Crippen molar-refractivity contribution >= 4 is 43.5 Å². The van der Waals surface area contributed by atoms with Gasteiger partial charge < -0.3 is 10.1 Å². The molecule has 0 atom stereocenters. The van der Waals surface area contributed by atoms with Gasteiger partial charge in [0.2, 0.25) is 10.0 Å². The molecule has 1 fully saturated rings. The Bertz CT molecular complexity index is 970. The van der Waals surface area contributed by atoms with Crippen LogP contribution in [0.25, 0.3) is 0 Å². The maximum absolute atomic E-state index is 12.6. The number of hydrogen-bond donors (Lipinski definition) is 1. The zero-order valence-corrected chi connectivity index (χ0v) is 17.3. The van der Waals surface area contributed by atoms with Gasteiger partial charge in [-0.15, -0.1) is 0 Å². The molecular formula is C19H19BrN2O5S. The van der Waals surface area contributed by atoms with E-state index in [0.717, 1.165) is 17.3 Å². The standard InChI is InChI=1S/C19H19BrN2O5S/c20-15-6-8-16(9-7-15)21-18(23)13-27-19(24)14-4-3-5-17(12-14)28(25,26)22-10-1-2-11-22/h3-9,12H,1-2,10-11,13H2,(H,21,23). The molecule has 1 aliphatic rings. The van der Waals surface area contributed by atoms with Crippen LogP contribution < -0.4 is 5.32 Å². The van der Waals surface area contributed by atoms with E-state index in [9.17, 15) is 18.0 Å². The second-order valence-corrected chi connectivity index (χ2v) is 9.12. The first-order valence-electron chi connectivity index (χ1n) is 8.69. The monoisotopic (exact) mass is 466 g/mol. The quantitative estimate of drug-likeness (QED) is 0.660. The highest BCUT2D eigenvalue weighted by Crippen LogP contribution is 2.22. The van der Waals surface area contributed by atoms with E-state index in [-0.39, 0.29) is 10.5 Å². The van der Waals surface area contributed by atoms with Crippen LogP contribution in [0, 0.1) is 0 Å². The number of carbonyl (C=O) groups excluding carboxylic acids is 2. The normalized spacial score (nSPS) is 14.6. The second-order valence-electron chi connectivity index (χ2n) is 6.27. The molecular weight excluding hydrogens is 448 g/mol. The summed E-state index contributed by atoms with van der Waals surface area (Å²) in [4.78, 5) is 24.2. The molecule has 1 aliphatic heterocycles. The SMILES string of the molecule is O=C(COC(=O)c1cccc(S(=O)(=O)N2CCCC2)c1)Nc1ccc(Br)cc1. The number of nitrogens with zero attached hydrogens (tertiary/aromatic N) is 1. The number of hydrogen-bond acceptors (Lipinski definition) is 5. The highest BCUT2D eigenvalue weighted by atomic mass is 79.9. The van der Waals surface area contributed by atoms with Crippen molar-refractivity contribution in [2.75, 3.05) is 25.0 Å². The van der Waals surface area contributed by atoms with Gasteiger partial charge in [-0.05, 0) is 55.3 Å². The van der Waals surface area contributed by atoms with Crippen LogP contribution in [0.5, 0.6) is 0 Å². The van der Waals surface area contributed by atoms with E-state index < -0.39 is 28.5 Å². The molecule has 0 spiro atoms. The number of sulfonamides is 1. The number of carbonyl (C=O) groups is 2. The smallest absolute Gasteiger partial charge is 0.338 e. The van der Waals surface area contributed by atoms with Gasteiger partial charge in [-0.2, -0.15) is 4.31 Å². The van der Waals surface area contributed by atoms with Gasteiger partial charge in [-0.1, -0.05) is 22.0 Å². The number of nitrogens with one attached hydrogen (secondary N) is 1. The minimum absolute atomic E-state index is 0.0446. The van der Waals surface area contributed by atoms with E-state index in [2.05, 4.69) is 21.2 Å². The van der Waals surface area contributed by atoms with E-state index in [0.29, 0.717) is 18.8 Å². The van der Waals surface area contributed by atoms with Crippen molar-refractivity contribution in [3.63, 3.8) is 0 Å². The molecule has 0 radical (unpaired) electrons. The Balaban J connectivity index is 1.61. The van der Waals surface area contributed by atoms with Crippen LogP contribution in [0.4, 0.5) is 5.69 Å². The molecule has 1 N–H and O–H groups in total. The fraction of sp³-hybridized carbons (Fsp3) is 0.263. The van der Waals surface area contributed by atoms with Gasteiger partial charge in [0.05, 0.1) is 10.5 Å². The Labute approximate surface area is 171 Å². The molecule has 1 amide bonds. The number of benzene rings is 2. The van der Waals surface area contributed by atoms with Crippen molar-refractivity contribution in [1.29, 1.82) is 0 Å². The summed E-state index contributed by atoms with van der Waals surface area (Å²) < 4.78 is 32.5. The average Bonchev–Trinajstić information content (AvgIpc) is 3.24. The number of anilines is 1. The first-order chi connectivity index (χ1) is 13.4. The fourth-order valence-electron chi connectivity index (χ4n) is 2.81. The number of halogens is 1. The molecule has 2 aromatic carbocycles. The summed E-state index contributed by atoms with van der Waals surface area (Å²) in [5.41, 5.74) is 0.652. The third-order valence-corrected chi connectivity index (χ3v) is 6.66. The van der Waals surface area contributed by atoms with Crippen LogP contribution in [-0.2, 0) is 19.6 Å². The molecule has 0 saturated carbocycles. The molecule has 0 aromatic heterocycles. The third-order valence-electron chi connectivity index (χ3n) is 4.23. The van der Waals surface area contributed by atoms with Crippen molar-refractivity contribution in [3.05, 3.63) is 58.6 Å². The Morgan fingerprint density at radius 1 is 1.07 bits per heavy atom. The Kier molecular flexibility index (Phi) is 6.48. The van der Waals surface area contributed by atoms with Crippen molar-refractivity contribution in [3.8, 4) is 0 Å². The third kappa shape index (κ3) is 4.98. The maximum atomic E-state index is 12.6. The van der Waals surface area contributed by atoms with Crippen molar-refractivity contribution in [2.24, 2.45) is 0 Å². The highest BCUT2D eigenvalue weighted by molar-refractivity contribution is 9.10. The summed E-state index contributed by atoms with van der Waals surface area (Å²) in [7, 11) is -3.63. The molecule has 0 bridgehead atoms. The summed E-state index contributed by atoms with van der Waals surface area (Å²) in [6.07, 6.45) is 1.66. The van der Waals surface area contributed by atoms with E-state index >= 15 is 0 Å². The van der Waals surface area contributed by atoms with E-state index in [1.54, 1.807) is 24.3 Å². The zero-order chi connectivity index (χ0) is 20.1. The lowest BCUT2D eigenvalue weighted by atomic mass is 10.2. The molecule has 28 heavy (non-hydrogen) atoms. The molecule has 0 aliphatic carbocycles. The van der Waals surface area contributed by atoms with E-state index in [1.807, 2.05) is 0 Å². The molecule has 1 heterocycles.